The molecule has 11 heteroatoms. The van der Waals surface area contributed by atoms with Gasteiger partial charge < -0.3 is 28.8 Å². The summed E-state index contributed by atoms with van der Waals surface area (Å²) in [5.41, 5.74) is 13.3. The fourth-order valence-electron chi connectivity index (χ4n) is 14.7. The summed E-state index contributed by atoms with van der Waals surface area (Å²) in [6.45, 7) is 50.3. The van der Waals surface area contributed by atoms with Crippen LogP contribution in [-0.2, 0) is 57.7 Å². The van der Waals surface area contributed by atoms with E-state index in [4.69, 9.17) is 32.7 Å². The van der Waals surface area contributed by atoms with Gasteiger partial charge in [-0.2, -0.15) is 0 Å². The molecule has 0 aliphatic heterocycles. The first-order chi connectivity index (χ1) is 42.8. The summed E-state index contributed by atoms with van der Waals surface area (Å²) in [6.07, 6.45) is 6.55. The zero-order valence-corrected chi connectivity index (χ0v) is 68.1. The monoisotopic (exact) mass is 1600 g/mol. The Hall–Kier alpha value is -4.45. The van der Waals surface area contributed by atoms with E-state index in [0.29, 0.717) is 49.1 Å². The van der Waals surface area contributed by atoms with Gasteiger partial charge in [0.25, 0.3) is 0 Å². The molecule has 2 N–H and O–H groups in total. The fourth-order valence-corrected chi connectivity index (χ4v) is 16.5. The molecule has 6 nitrogen and oxygen atoms in total. The van der Waals surface area contributed by atoms with E-state index in [-0.39, 0.29) is 88.1 Å². The smallest absolute Gasteiger partial charge is 0.218 e. The molecule has 2 unspecified atom stereocenters. The third kappa shape index (κ3) is 15.1. The van der Waals surface area contributed by atoms with Crippen molar-refractivity contribution >= 4 is 104 Å². The quantitative estimate of drug-likeness (QED) is 0.0647. The number of fused-ring (bicyclic) bond motifs is 6. The van der Waals surface area contributed by atoms with Crippen molar-refractivity contribution in [3.8, 4) is 28.3 Å². The molecule has 0 saturated carbocycles. The van der Waals surface area contributed by atoms with Crippen LogP contribution in [0.15, 0.2) is 142 Å². The van der Waals surface area contributed by atoms with E-state index in [9.17, 15) is 10.2 Å². The topological polar surface area (TPSA) is 68.8 Å². The zero-order chi connectivity index (χ0) is 68.5. The Labute approximate surface area is 607 Å². The number of phenols is 1. The molecule has 0 saturated heterocycles. The van der Waals surface area contributed by atoms with E-state index in [2.05, 4.69) is 290 Å². The van der Waals surface area contributed by atoms with Gasteiger partial charge in [0, 0.05) is 96.1 Å². The maximum absolute atomic E-state index is 14.3. The summed E-state index contributed by atoms with van der Waals surface area (Å²) in [4.78, 5) is 0. The summed E-state index contributed by atoms with van der Waals surface area (Å²) in [5.74, 6) is -1.31. The number of aromatic hydroxyl groups is 1. The second-order valence-electron chi connectivity index (χ2n) is 34.6. The molecule has 0 amide bonds. The Bertz CT molecular complexity index is 4300. The molecule has 2 heterocycles. The van der Waals surface area contributed by atoms with Gasteiger partial charge in [-0.3, -0.25) is 0 Å². The largest absolute Gasteiger partial charge is 0.505 e. The Morgan fingerprint density at radius 1 is 0.500 bits per heavy atom. The van der Waals surface area contributed by atoms with Crippen LogP contribution in [0.25, 0.3) is 66.0 Å². The first-order valence-corrected chi connectivity index (χ1v) is 35.6. The third-order valence-corrected chi connectivity index (χ3v) is 20.4. The van der Waals surface area contributed by atoms with Crippen LogP contribution < -0.4 is 4.74 Å². The molecular weight excluding hydrogens is 1500 g/mol. The van der Waals surface area contributed by atoms with Crippen molar-refractivity contribution in [2.45, 2.75) is 210 Å². The van der Waals surface area contributed by atoms with E-state index in [1.165, 1.54) is 22.3 Å². The van der Waals surface area contributed by atoms with Gasteiger partial charge in [-0.25, -0.2) is 0 Å². The van der Waals surface area contributed by atoms with Gasteiger partial charge in [0.2, 0.25) is 5.79 Å². The van der Waals surface area contributed by atoms with Crippen LogP contribution in [-0.4, -0.2) is 38.3 Å². The average molecular weight is 1600 g/mol. The van der Waals surface area contributed by atoms with Crippen molar-refractivity contribution in [1.29, 1.82) is 0 Å². The number of phenolic OH excluding ortho intramolecular Hbond substituents is 1. The molecule has 10 rings (SSSR count). The number of aromatic nitrogens is 2. The molecule has 7 aromatic carbocycles. The molecule has 94 heavy (non-hydrogen) atoms. The Kier molecular flexibility index (Phi) is 20.4. The average Bonchev–Trinajstić information content (AvgIpc) is 1.49. The van der Waals surface area contributed by atoms with Crippen LogP contribution in [0.2, 0.25) is 10.0 Å². The van der Waals surface area contributed by atoms with E-state index < -0.39 is 11.8 Å². The maximum atomic E-state index is 14.3. The molecule has 9 aromatic rings. The van der Waals surface area contributed by atoms with Crippen LogP contribution in [0.4, 0.5) is 0 Å². The second kappa shape index (κ2) is 26.0. The van der Waals surface area contributed by atoms with Crippen LogP contribution in [0.5, 0.6) is 11.5 Å². The Morgan fingerprint density at radius 2 is 0.947 bits per heavy atom. The molecule has 2 atom stereocenters. The van der Waals surface area contributed by atoms with Crippen LogP contribution in [0.3, 0.4) is 0 Å². The predicted molar refractivity (Wildman–Crippen MR) is 405 cm³/mol. The van der Waals surface area contributed by atoms with Gasteiger partial charge in [-0.1, -0.05) is 222 Å². The van der Waals surface area contributed by atoms with Crippen molar-refractivity contribution in [3.05, 3.63) is 185 Å². The fraction of sp³-hybridized carbons (Fsp3) is 0.446. The van der Waals surface area contributed by atoms with Crippen molar-refractivity contribution in [1.82, 2.24) is 9.13 Å². The molecule has 2 aromatic heterocycles. The normalized spacial score (nSPS) is 16.5. The molecule has 0 spiro atoms. The minimum atomic E-state index is -1.94. The van der Waals surface area contributed by atoms with E-state index in [0.717, 1.165) is 77.6 Å². The minimum absolute atomic E-state index is 0. The van der Waals surface area contributed by atoms with Crippen LogP contribution in [0.1, 0.15) is 211 Å². The number of allylic oxidation sites excluding steroid dienone is 2. The zero-order valence-electron chi connectivity index (χ0n) is 59.9. The SMILES string of the molecule is CC(C)(C)CC(C)(C)C1=CC(n2c3ccc(C(C)(C)C)cc3c3cc(C(C)(C)C)ccc32)C(O)(OCCCOc2c(Br)cc(Cl)cc2-c2cc(C(C)(C)CC(C)(C)C)cc(-n3c4ccc(C(C)(C)C)cc4c4cc(C(C)(C)C)ccc43)c2O)C(c2cc(Cl)cc(Br)c2)=C1.[Hf]. The number of halogens is 4. The molecule has 1 aliphatic rings. The summed E-state index contributed by atoms with van der Waals surface area (Å²) in [5, 5.41) is 33.1. The molecule has 0 bridgehead atoms. The maximum Gasteiger partial charge on any atom is 0.218 e. The number of aliphatic hydroxyl groups is 1. The van der Waals surface area contributed by atoms with Gasteiger partial charge in [-0.15, -0.1) is 0 Å². The van der Waals surface area contributed by atoms with Crippen molar-refractivity contribution in [2.75, 3.05) is 13.2 Å². The van der Waals surface area contributed by atoms with E-state index in [1.807, 2.05) is 30.3 Å². The summed E-state index contributed by atoms with van der Waals surface area (Å²) >= 11 is 21.8. The Morgan fingerprint density at radius 3 is 1.40 bits per heavy atom. The minimum Gasteiger partial charge on any atom is -0.505 e. The number of hydrogen-bond acceptors (Lipinski definition) is 4. The van der Waals surface area contributed by atoms with Crippen LogP contribution >= 0.6 is 55.1 Å². The van der Waals surface area contributed by atoms with Crippen LogP contribution in [0, 0.1) is 16.2 Å². The molecule has 1 aliphatic carbocycles. The van der Waals surface area contributed by atoms with Crippen molar-refractivity contribution in [2.24, 2.45) is 16.2 Å². The summed E-state index contributed by atoms with van der Waals surface area (Å²) < 4.78 is 20.3. The van der Waals surface area contributed by atoms with Crippen molar-refractivity contribution < 1.29 is 45.5 Å². The molecule has 0 radical (unpaired) electrons. The van der Waals surface area contributed by atoms with E-state index in [1.54, 1.807) is 0 Å². The summed E-state index contributed by atoms with van der Waals surface area (Å²) in [6, 6.07) is 40.4. The van der Waals surface area contributed by atoms with Crippen molar-refractivity contribution in [3.63, 3.8) is 0 Å². The Balaban J connectivity index is 0.0000104. The predicted octanol–water partition coefficient (Wildman–Crippen LogP) is 25.2. The van der Waals surface area contributed by atoms with Gasteiger partial charge in [0.05, 0.1) is 34.4 Å². The van der Waals surface area contributed by atoms with Gasteiger partial charge >= 0.3 is 0 Å². The van der Waals surface area contributed by atoms with Gasteiger partial charge in [0.1, 0.15) is 17.5 Å². The number of benzene rings is 7. The van der Waals surface area contributed by atoms with E-state index >= 15 is 0 Å². The van der Waals surface area contributed by atoms with Gasteiger partial charge in [-0.05, 0) is 208 Å². The number of hydrogen-bond donors (Lipinski definition) is 2. The third-order valence-electron chi connectivity index (χ3n) is 18.9. The number of ether oxygens (including phenoxy) is 2. The first-order valence-electron chi connectivity index (χ1n) is 33.2. The molecule has 498 valence electrons. The second-order valence-corrected chi connectivity index (χ2v) is 37.2. The number of rotatable bonds is 14. The first kappa shape index (κ1) is 73.8. The molecular formula is C83H100Br2Cl2HfN2O4. The standard InChI is InChI=1S/C83H100Br2Cl2N2O4.Hf/c1-75(2,3)47-81(19,20)54-40-63(73(90)71(42-54)88-67-28-24-50(77(7,8)9)36-59(67)60-37-51(78(10,11)12)25-29-68(60)88)64-45-58(87)46-66(85)74(64)92-32-23-33-93-83(91)65(49-34-56(84)44-57(86)35-49)41-55(82(21,22)48-76(4,5)6)43-72(83)89-69-30-26-52(79(13,14)15)38-61(69)62-39-53(80(16,17)18)27-31-70(62)89;/h24-31,34-46,72,90-91H,23,32-33,47-48H2,1-22H3;. The summed E-state index contributed by atoms with van der Waals surface area (Å²) in [7, 11) is 0. The number of nitrogens with zero attached hydrogens (tertiary/aromatic N) is 2. The molecule has 0 fully saturated rings. The van der Waals surface area contributed by atoms with Gasteiger partial charge in [0.15, 0.2) is 0 Å².